The zero-order chi connectivity index (χ0) is 15.0. The second kappa shape index (κ2) is 5.14. The number of ether oxygens (including phenoxy) is 1. The Labute approximate surface area is 118 Å². The predicted octanol–water partition coefficient (Wildman–Crippen LogP) is 2.12. The van der Waals surface area contributed by atoms with Crippen molar-refractivity contribution in [3.8, 4) is 0 Å². The van der Waals surface area contributed by atoms with Gasteiger partial charge in [0.15, 0.2) is 5.65 Å². The van der Waals surface area contributed by atoms with Crippen LogP contribution in [0.2, 0.25) is 0 Å². The van der Waals surface area contributed by atoms with Gasteiger partial charge in [0.05, 0.1) is 12.1 Å². The van der Waals surface area contributed by atoms with Crippen molar-refractivity contribution in [2.75, 3.05) is 11.9 Å². The van der Waals surface area contributed by atoms with Crippen molar-refractivity contribution < 1.29 is 17.9 Å². The molecule has 6 nitrogen and oxygen atoms in total. The van der Waals surface area contributed by atoms with Gasteiger partial charge in [-0.3, -0.25) is 0 Å². The molecule has 2 atom stereocenters. The zero-order valence-corrected chi connectivity index (χ0v) is 11.3. The van der Waals surface area contributed by atoms with Gasteiger partial charge in [-0.05, 0) is 31.9 Å². The number of halogens is 3. The van der Waals surface area contributed by atoms with E-state index in [1.165, 1.54) is 6.07 Å². The highest BCUT2D eigenvalue weighted by molar-refractivity contribution is 5.44. The Morgan fingerprint density at radius 2 is 2.19 bits per heavy atom. The number of alkyl halides is 3. The zero-order valence-electron chi connectivity index (χ0n) is 11.3. The van der Waals surface area contributed by atoms with Gasteiger partial charge in [0, 0.05) is 6.61 Å². The minimum atomic E-state index is -4.59. The highest BCUT2D eigenvalue weighted by Gasteiger charge is 2.37. The highest BCUT2D eigenvalue weighted by Crippen LogP contribution is 2.27. The SMILES string of the molecule is C[C@H](Nc1ccc2nnc(C(F)(F)F)n2n1)[C@@H]1CCCO1. The van der Waals surface area contributed by atoms with Crippen molar-refractivity contribution >= 4 is 11.5 Å². The summed E-state index contributed by atoms with van der Waals surface area (Å²) in [5.41, 5.74) is 0.0534. The van der Waals surface area contributed by atoms with Crippen LogP contribution in [-0.2, 0) is 10.9 Å². The van der Waals surface area contributed by atoms with Gasteiger partial charge in [-0.15, -0.1) is 15.3 Å². The van der Waals surface area contributed by atoms with E-state index < -0.39 is 12.0 Å². The summed E-state index contributed by atoms with van der Waals surface area (Å²) in [6.07, 6.45) is -2.62. The summed E-state index contributed by atoms with van der Waals surface area (Å²) in [4.78, 5) is 0. The maximum absolute atomic E-state index is 12.8. The predicted molar refractivity (Wildman–Crippen MR) is 67.8 cm³/mol. The average Bonchev–Trinajstić information content (AvgIpc) is 3.06. The van der Waals surface area contributed by atoms with E-state index in [0.29, 0.717) is 16.9 Å². The van der Waals surface area contributed by atoms with Gasteiger partial charge in [-0.2, -0.15) is 17.7 Å². The highest BCUT2D eigenvalue weighted by atomic mass is 19.4. The summed E-state index contributed by atoms with van der Waals surface area (Å²) in [6.45, 7) is 2.63. The quantitative estimate of drug-likeness (QED) is 0.941. The molecule has 0 amide bonds. The third-order valence-corrected chi connectivity index (χ3v) is 3.41. The summed E-state index contributed by atoms with van der Waals surface area (Å²) < 4.78 is 44.6. The largest absolute Gasteiger partial charge is 0.453 e. The molecule has 2 aromatic heterocycles. The Hall–Kier alpha value is -1.90. The lowest BCUT2D eigenvalue weighted by Gasteiger charge is -2.20. The molecular weight excluding hydrogens is 287 g/mol. The van der Waals surface area contributed by atoms with Crippen LogP contribution in [0.1, 0.15) is 25.6 Å². The van der Waals surface area contributed by atoms with Crippen molar-refractivity contribution in [2.24, 2.45) is 0 Å². The summed E-state index contributed by atoms with van der Waals surface area (Å²) in [7, 11) is 0. The molecule has 0 radical (unpaired) electrons. The number of hydrogen-bond donors (Lipinski definition) is 1. The fourth-order valence-electron chi connectivity index (χ4n) is 2.37. The molecule has 3 heterocycles. The standard InChI is InChI=1S/C12H14F3N5O/c1-7(8-3-2-6-21-8)16-9-4-5-10-17-18-11(12(13,14)15)20(10)19-9/h4-5,7-8H,2-3,6H2,1H3,(H,16,19)/t7-,8-/m0/s1. The fourth-order valence-corrected chi connectivity index (χ4v) is 2.37. The van der Waals surface area contributed by atoms with Crippen LogP contribution >= 0.6 is 0 Å². The molecule has 2 aromatic rings. The second-order valence-corrected chi connectivity index (χ2v) is 4.99. The van der Waals surface area contributed by atoms with E-state index in [9.17, 15) is 13.2 Å². The third-order valence-electron chi connectivity index (χ3n) is 3.41. The van der Waals surface area contributed by atoms with Gasteiger partial charge in [0.2, 0.25) is 0 Å². The van der Waals surface area contributed by atoms with Gasteiger partial charge in [0.1, 0.15) is 5.82 Å². The molecule has 0 unspecified atom stereocenters. The number of fused-ring (bicyclic) bond motifs is 1. The summed E-state index contributed by atoms with van der Waals surface area (Å²) in [6, 6.07) is 2.98. The molecule has 1 aliphatic heterocycles. The molecule has 3 rings (SSSR count). The molecule has 0 saturated carbocycles. The summed E-state index contributed by atoms with van der Waals surface area (Å²) in [5, 5.41) is 13.6. The third kappa shape index (κ3) is 2.78. The van der Waals surface area contributed by atoms with Gasteiger partial charge in [0.25, 0.3) is 5.82 Å². The fraction of sp³-hybridized carbons (Fsp3) is 0.583. The Bertz CT molecular complexity index is 635. The van der Waals surface area contributed by atoms with Crippen molar-refractivity contribution in [1.29, 1.82) is 0 Å². The van der Waals surface area contributed by atoms with Crippen LogP contribution < -0.4 is 5.32 Å². The van der Waals surface area contributed by atoms with Crippen molar-refractivity contribution in [3.05, 3.63) is 18.0 Å². The molecule has 0 bridgehead atoms. The van der Waals surface area contributed by atoms with Crippen LogP contribution in [0.15, 0.2) is 12.1 Å². The number of nitrogens with zero attached hydrogens (tertiary/aromatic N) is 4. The first-order valence-electron chi connectivity index (χ1n) is 6.63. The van der Waals surface area contributed by atoms with Crippen LogP contribution in [0, 0.1) is 0 Å². The molecule has 0 aliphatic carbocycles. The molecule has 1 saturated heterocycles. The molecule has 0 aromatic carbocycles. The van der Waals surface area contributed by atoms with E-state index in [-0.39, 0.29) is 17.8 Å². The Morgan fingerprint density at radius 3 is 2.86 bits per heavy atom. The maximum Gasteiger partial charge on any atom is 0.453 e. The second-order valence-electron chi connectivity index (χ2n) is 4.99. The van der Waals surface area contributed by atoms with E-state index >= 15 is 0 Å². The molecule has 0 spiro atoms. The first kappa shape index (κ1) is 14.1. The van der Waals surface area contributed by atoms with Crippen molar-refractivity contribution in [3.63, 3.8) is 0 Å². The first-order chi connectivity index (χ1) is 9.95. The summed E-state index contributed by atoms with van der Waals surface area (Å²) >= 11 is 0. The Balaban J connectivity index is 1.86. The van der Waals surface area contributed by atoms with E-state index in [1.807, 2.05) is 6.92 Å². The minimum Gasteiger partial charge on any atom is -0.376 e. The minimum absolute atomic E-state index is 0.0386. The van der Waals surface area contributed by atoms with Gasteiger partial charge in [-0.1, -0.05) is 0 Å². The number of rotatable bonds is 3. The van der Waals surface area contributed by atoms with Crippen LogP contribution in [-0.4, -0.2) is 38.6 Å². The number of aromatic nitrogens is 4. The van der Waals surface area contributed by atoms with Crippen LogP contribution in [0.5, 0.6) is 0 Å². The molecule has 1 aliphatic rings. The average molecular weight is 301 g/mol. The lowest BCUT2D eigenvalue weighted by atomic mass is 10.1. The van der Waals surface area contributed by atoms with Crippen LogP contribution in [0.3, 0.4) is 0 Å². The number of hydrogen-bond acceptors (Lipinski definition) is 5. The monoisotopic (exact) mass is 301 g/mol. The Kier molecular flexibility index (Phi) is 3.44. The van der Waals surface area contributed by atoms with Crippen LogP contribution in [0.25, 0.3) is 5.65 Å². The van der Waals surface area contributed by atoms with Gasteiger partial charge >= 0.3 is 6.18 Å². The number of nitrogens with one attached hydrogen (secondary N) is 1. The lowest BCUT2D eigenvalue weighted by Crippen LogP contribution is -2.30. The molecule has 1 N–H and O–H groups in total. The molecule has 21 heavy (non-hydrogen) atoms. The van der Waals surface area contributed by atoms with E-state index in [1.54, 1.807) is 6.07 Å². The molecule has 1 fully saturated rings. The molecular formula is C12H14F3N5O. The summed E-state index contributed by atoms with van der Waals surface area (Å²) in [5.74, 6) is -0.804. The van der Waals surface area contributed by atoms with Crippen molar-refractivity contribution in [1.82, 2.24) is 19.8 Å². The maximum atomic E-state index is 12.8. The molecule has 9 heteroatoms. The van der Waals surface area contributed by atoms with E-state index in [0.717, 1.165) is 12.8 Å². The molecule has 114 valence electrons. The lowest BCUT2D eigenvalue weighted by molar-refractivity contribution is -0.146. The first-order valence-corrected chi connectivity index (χ1v) is 6.63. The van der Waals surface area contributed by atoms with Gasteiger partial charge < -0.3 is 10.1 Å². The Morgan fingerprint density at radius 1 is 1.38 bits per heavy atom. The van der Waals surface area contributed by atoms with E-state index in [2.05, 4.69) is 20.6 Å². The topological polar surface area (TPSA) is 64.3 Å². The number of anilines is 1. The van der Waals surface area contributed by atoms with E-state index in [4.69, 9.17) is 4.74 Å². The van der Waals surface area contributed by atoms with Crippen molar-refractivity contribution in [2.45, 2.75) is 38.1 Å². The van der Waals surface area contributed by atoms with Crippen LogP contribution in [0.4, 0.5) is 19.0 Å². The van der Waals surface area contributed by atoms with Gasteiger partial charge in [-0.25, -0.2) is 0 Å². The smallest absolute Gasteiger partial charge is 0.376 e. The normalized spacial score (nSPS) is 20.9.